The van der Waals surface area contributed by atoms with E-state index in [0.717, 1.165) is 89.9 Å². The minimum atomic E-state index is -0.779. The van der Waals surface area contributed by atoms with E-state index >= 15 is 0 Å². The summed E-state index contributed by atoms with van der Waals surface area (Å²) in [6.07, 6.45) is 92.5. The zero-order valence-corrected chi connectivity index (χ0v) is 55.7. The van der Waals surface area contributed by atoms with E-state index in [9.17, 15) is 14.4 Å². The van der Waals surface area contributed by atoms with Crippen molar-refractivity contribution in [1.29, 1.82) is 0 Å². The lowest BCUT2D eigenvalue weighted by Crippen LogP contribution is -2.30. The molecule has 0 saturated carbocycles. The Morgan fingerprint density at radius 3 is 0.735 bits per heavy atom. The third kappa shape index (κ3) is 69.8. The molecule has 0 N–H and O–H groups in total. The van der Waals surface area contributed by atoms with Gasteiger partial charge in [0.05, 0.1) is 0 Å². The fourth-order valence-electron chi connectivity index (χ4n) is 11.0. The summed E-state index contributed by atoms with van der Waals surface area (Å²) in [4.78, 5) is 38.5. The van der Waals surface area contributed by atoms with E-state index in [1.165, 1.54) is 263 Å². The average molecular weight is 1160 g/mol. The van der Waals surface area contributed by atoms with Crippen molar-refractivity contribution in [1.82, 2.24) is 0 Å². The number of unbranched alkanes of at least 4 members (excludes halogenated alkanes) is 47. The second-order valence-corrected chi connectivity index (χ2v) is 24.8. The van der Waals surface area contributed by atoms with Crippen LogP contribution < -0.4 is 0 Å². The van der Waals surface area contributed by atoms with Crippen LogP contribution in [0.2, 0.25) is 0 Å². The van der Waals surface area contributed by atoms with Crippen molar-refractivity contribution in [3.63, 3.8) is 0 Å². The molecule has 6 heteroatoms. The lowest BCUT2D eigenvalue weighted by atomic mass is 10.0. The van der Waals surface area contributed by atoms with Gasteiger partial charge in [0.1, 0.15) is 13.2 Å². The smallest absolute Gasteiger partial charge is 0.306 e. The quantitative estimate of drug-likeness (QED) is 0.0261. The summed E-state index contributed by atoms with van der Waals surface area (Å²) in [5.74, 6) is -0.857. The highest BCUT2D eigenvalue weighted by molar-refractivity contribution is 5.71. The summed E-state index contributed by atoms with van der Waals surface area (Å²) >= 11 is 0. The molecule has 0 aliphatic heterocycles. The molecule has 0 aromatic rings. The predicted octanol–water partition coefficient (Wildman–Crippen LogP) is 25.5. The second-order valence-electron chi connectivity index (χ2n) is 24.8. The zero-order valence-electron chi connectivity index (χ0n) is 55.7. The van der Waals surface area contributed by atoms with Gasteiger partial charge in [0.2, 0.25) is 0 Å². The first-order chi connectivity index (χ1) is 41.0. The molecule has 0 aromatic heterocycles. The second kappa shape index (κ2) is 71.6. The fourth-order valence-corrected chi connectivity index (χ4v) is 11.0. The van der Waals surface area contributed by atoms with Gasteiger partial charge in [-0.15, -0.1) is 0 Å². The molecule has 0 aliphatic carbocycles. The first kappa shape index (κ1) is 80.1. The first-order valence-electron chi connectivity index (χ1n) is 36.8. The lowest BCUT2D eigenvalue weighted by molar-refractivity contribution is -0.167. The highest BCUT2D eigenvalue weighted by atomic mass is 16.6. The third-order valence-corrected chi connectivity index (χ3v) is 16.5. The molecule has 0 spiro atoms. The van der Waals surface area contributed by atoms with Crippen LogP contribution in [0.5, 0.6) is 0 Å². The molecule has 0 rings (SSSR count). The number of allylic oxidation sites excluding steroid dienone is 10. The van der Waals surface area contributed by atoms with Crippen molar-refractivity contribution < 1.29 is 28.6 Å². The third-order valence-electron chi connectivity index (χ3n) is 16.5. The molecule has 0 saturated heterocycles. The monoisotopic (exact) mass is 1160 g/mol. The summed E-state index contributed by atoms with van der Waals surface area (Å²) in [7, 11) is 0. The standard InChI is InChI=1S/C77H140O6/c1-4-7-10-13-16-19-22-25-28-31-33-35-37-38-40-41-43-46-49-52-55-58-61-64-67-70-76(79)82-73-74(72-81-75(78)69-66-63-60-57-54-51-48-45-30-27-24-21-18-15-12-9-6-3)83-77(80)71-68-65-62-59-56-53-50-47-44-42-39-36-34-32-29-26-23-20-17-14-11-8-5-2/h9,12,18,21-22,25,27,30-31,33,74H,4-8,10-11,13-17,19-20,23-24,26,28-29,32,34-73H2,1-3H3/b12-9-,21-18-,25-22-,30-27-,33-31-. The fraction of sp³-hybridized carbons (Fsp3) is 0.831. The van der Waals surface area contributed by atoms with Crippen molar-refractivity contribution in [2.75, 3.05) is 13.2 Å². The molecular weight excluding hydrogens is 1020 g/mol. The number of hydrogen-bond donors (Lipinski definition) is 0. The lowest BCUT2D eigenvalue weighted by Gasteiger charge is -2.18. The summed E-state index contributed by atoms with van der Waals surface area (Å²) < 4.78 is 17.0. The molecule has 1 atom stereocenters. The van der Waals surface area contributed by atoms with Crippen LogP contribution in [0, 0.1) is 0 Å². The van der Waals surface area contributed by atoms with Gasteiger partial charge in [-0.05, 0) is 83.5 Å². The Bertz CT molecular complexity index is 1470. The maximum atomic E-state index is 13.0. The maximum Gasteiger partial charge on any atom is 0.306 e. The van der Waals surface area contributed by atoms with E-state index in [4.69, 9.17) is 14.2 Å². The van der Waals surface area contributed by atoms with Gasteiger partial charge in [0, 0.05) is 19.3 Å². The van der Waals surface area contributed by atoms with Gasteiger partial charge in [-0.2, -0.15) is 0 Å². The van der Waals surface area contributed by atoms with Gasteiger partial charge in [0.25, 0.3) is 0 Å². The molecule has 0 fully saturated rings. The van der Waals surface area contributed by atoms with E-state index in [2.05, 4.69) is 81.5 Å². The Balaban J connectivity index is 4.30. The topological polar surface area (TPSA) is 78.9 Å². The molecule has 1 unspecified atom stereocenters. The molecule has 83 heavy (non-hydrogen) atoms. The number of rotatable bonds is 68. The summed E-state index contributed by atoms with van der Waals surface area (Å²) in [6, 6.07) is 0. The van der Waals surface area contributed by atoms with Crippen molar-refractivity contribution in [3.8, 4) is 0 Å². The number of hydrogen-bond acceptors (Lipinski definition) is 6. The van der Waals surface area contributed by atoms with Crippen molar-refractivity contribution in [2.45, 2.75) is 399 Å². The van der Waals surface area contributed by atoms with Crippen LogP contribution in [0.25, 0.3) is 0 Å². The number of carbonyl (C=O) groups excluding carboxylic acids is 3. The normalized spacial score (nSPS) is 12.4. The van der Waals surface area contributed by atoms with Crippen LogP contribution in [-0.2, 0) is 28.6 Å². The Hall–Kier alpha value is -2.89. The maximum absolute atomic E-state index is 13.0. The summed E-state index contributed by atoms with van der Waals surface area (Å²) in [5, 5.41) is 0. The molecular formula is C77H140O6. The van der Waals surface area contributed by atoms with Gasteiger partial charge in [0.15, 0.2) is 6.10 Å². The van der Waals surface area contributed by atoms with Gasteiger partial charge in [-0.25, -0.2) is 0 Å². The van der Waals surface area contributed by atoms with Crippen LogP contribution in [0.3, 0.4) is 0 Å². The Morgan fingerprint density at radius 2 is 0.470 bits per heavy atom. The van der Waals surface area contributed by atoms with Crippen LogP contribution in [0.4, 0.5) is 0 Å². The highest BCUT2D eigenvalue weighted by Crippen LogP contribution is 2.19. The molecule has 6 nitrogen and oxygen atoms in total. The average Bonchev–Trinajstić information content (AvgIpc) is 3.49. The zero-order chi connectivity index (χ0) is 59.9. The highest BCUT2D eigenvalue weighted by Gasteiger charge is 2.19. The molecule has 0 amide bonds. The summed E-state index contributed by atoms with van der Waals surface area (Å²) in [6.45, 7) is 6.59. The van der Waals surface area contributed by atoms with Crippen LogP contribution in [-0.4, -0.2) is 37.2 Å². The van der Waals surface area contributed by atoms with E-state index in [0.29, 0.717) is 19.3 Å². The van der Waals surface area contributed by atoms with Crippen molar-refractivity contribution in [3.05, 3.63) is 60.8 Å². The summed E-state index contributed by atoms with van der Waals surface area (Å²) in [5.41, 5.74) is 0. The minimum Gasteiger partial charge on any atom is -0.462 e. The van der Waals surface area contributed by atoms with E-state index < -0.39 is 6.10 Å². The van der Waals surface area contributed by atoms with Gasteiger partial charge >= 0.3 is 17.9 Å². The Morgan fingerprint density at radius 1 is 0.253 bits per heavy atom. The van der Waals surface area contributed by atoms with E-state index in [-0.39, 0.29) is 31.1 Å². The van der Waals surface area contributed by atoms with Crippen molar-refractivity contribution in [2.24, 2.45) is 0 Å². The number of esters is 3. The van der Waals surface area contributed by atoms with E-state index in [1.807, 2.05) is 0 Å². The number of ether oxygens (including phenoxy) is 3. The van der Waals surface area contributed by atoms with Crippen molar-refractivity contribution >= 4 is 17.9 Å². The molecule has 0 radical (unpaired) electrons. The van der Waals surface area contributed by atoms with Gasteiger partial charge in [-0.1, -0.05) is 351 Å². The molecule has 0 aromatic carbocycles. The largest absolute Gasteiger partial charge is 0.462 e. The molecule has 0 aliphatic rings. The van der Waals surface area contributed by atoms with Crippen LogP contribution in [0.15, 0.2) is 60.8 Å². The Labute approximate surface area is 517 Å². The minimum absolute atomic E-state index is 0.0736. The molecule has 0 heterocycles. The predicted molar refractivity (Wildman–Crippen MR) is 362 cm³/mol. The van der Waals surface area contributed by atoms with Crippen LogP contribution in [0.1, 0.15) is 393 Å². The molecule has 484 valence electrons. The number of carbonyl (C=O) groups is 3. The SMILES string of the molecule is CC/C=C\C/C=C\C/C=C\CCCCCCCCCC(=O)OCC(COC(=O)CCCCCCCCCCCCCCC/C=C\C/C=C\CCCCCCC)OC(=O)CCCCCCCCCCCCCCCCCCCCCCCCC. The molecule has 0 bridgehead atoms. The van der Waals surface area contributed by atoms with Gasteiger partial charge in [-0.3, -0.25) is 14.4 Å². The Kier molecular flexibility index (Phi) is 69.1. The van der Waals surface area contributed by atoms with E-state index in [1.54, 1.807) is 0 Å². The van der Waals surface area contributed by atoms with Gasteiger partial charge < -0.3 is 14.2 Å². The first-order valence-corrected chi connectivity index (χ1v) is 36.8. The van der Waals surface area contributed by atoms with Crippen LogP contribution >= 0.6 is 0 Å².